The minimum Gasteiger partial charge on any atom is -0.496 e. The van der Waals surface area contributed by atoms with Crippen LogP contribution in [-0.4, -0.2) is 26.1 Å². The summed E-state index contributed by atoms with van der Waals surface area (Å²) in [5, 5.41) is 12.1. The number of anilines is 1. The number of nitrogens with zero attached hydrogens (tertiary/aromatic N) is 1. The number of methoxy groups -OCH3 is 2. The number of hydrogen-bond acceptors (Lipinski definition) is 6. The van der Waals surface area contributed by atoms with E-state index < -0.39 is 11.9 Å². The van der Waals surface area contributed by atoms with Crippen molar-refractivity contribution in [3.8, 4) is 11.8 Å². The summed E-state index contributed by atoms with van der Waals surface area (Å²) in [5.41, 5.74) is 0.00427. The van der Waals surface area contributed by atoms with Gasteiger partial charge < -0.3 is 13.9 Å². The van der Waals surface area contributed by atoms with Gasteiger partial charge >= 0.3 is 5.97 Å². The van der Waals surface area contributed by atoms with Crippen molar-refractivity contribution in [1.82, 2.24) is 0 Å². The molecule has 0 saturated carbocycles. The number of halogens is 1. The molecule has 1 aromatic heterocycles. The topological polar surface area (TPSA) is 102 Å². The molecule has 24 heavy (non-hydrogen) atoms. The van der Waals surface area contributed by atoms with E-state index in [1.807, 2.05) is 6.07 Å². The molecular formula is C16H13ClN2O5. The number of furan rings is 1. The zero-order valence-corrected chi connectivity index (χ0v) is 13.9. The summed E-state index contributed by atoms with van der Waals surface area (Å²) >= 11 is 5.90. The molecule has 8 heteroatoms. The maximum atomic E-state index is 12.4. The zero-order chi connectivity index (χ0) is 17.9. The maximum Gasteiger partial charge on any atom is 0.342 e. The first-order valence-corrected chi connectivity index (χ1v) is 7.07. The number of rotatable bonds is 4. The predicted molar refractivity (Wildman–Crippen MR) is 85.5 cm³/mol. The molecule has 0 spiro atoms. The van der Waals surface area contributed by atoms with Crippen LogP contribution in [0.25, 0.3) is 0 Å². The largest absolute Gasteiger partial charge is 0.496 e. The predicted octanol–water partition coefficient (Wildman–Crippen LogP) is 3.16. The van der Waals surface area contributed by atoms with E-state index in [9.17, 15) is 14.9 Å². The lowest BCUT2D eigenvalue weighted by Crippen LogP contribution is -2.14. The number of nitrogens with one attached hydrogen (secondary N) is 1. The molecule has 1 amide bonds. The van der Waals surface area contributed by atoms with Crippen LogP contribution in [0.4, 0.5) is 5.88 Å². The zero-order valence-electron chi connectivity index (χ0n) is 13.1. The van der Waals surface area contributed by atoms with E-state index in [0.717, 1.165) is 0 Å². The van der Waals surface area contributed by atoms with Crippen LogP contribution in [0.2, 0.25) is 5.02 Å². The van der Waals surface area contributed by atoms with Crippen molar-refractivity contribution in [2.45, 2.75) is 6.92 Å². The molecule has 1 N–H and O–H groups in total. The van der Waals surface area contributed by atoms with Gasteiger partial charge in [-0.1, -0.05) is 11.6 Å². The van der Waals surface area contributed by atoms with E-state index in [4.69, 9.17) is 20.8 Å². The highest BCUT2D eigenvalue weighted by molar-refractivity contribution is 6.31. The Morgan fingerprint density at radius 2 is 2.04 bits per heavy atom. The summed E-state index contributed by atoms with van der Waals surface area (Å²) in [6, 6.07) is 6.36. The molecule has 0 aliphatic carbocycles. The number of hydrogen-bond donors (Lipinski definition) is 1. The minimum atomic E-state index is -0.728. The van der Waals surface area contributed by atoms with Crippen LogP contribution in [0.15, 0.2) is 22.6 Å². The van der Waals surface area contributed by atoms with E-state index in [-0.39, 0.29) is 28.3 Å². The molecule has 2 aromatic rings. The lowest BCUT2D eigenvalue weighted by Gasteiger charge is -2.08. The normalized spacial score (nSPS) is 9.96. The fraction of sp³-hybridized carbons (Fsp3) is 0.188. The molecule has 0 radical (unpaired) electrons. The highest BCUT2D eigenvalue weighted by Gasteiger charge is 2.26. The Kier molecular flexibility index (Phi) is 5.11. The Hall–Kier alpha value is -2.98. The molecule has 2 rings (SSSR count). The lowest BCUT2D eigenvalue weighted by molar-refractivity contribution is 0.0598. The van der Waals surface area contributed by atoms with E-state index in [0.29, 0.717) is 10.8 Å². The highest BCUT2D eigenvalue weighted by atomic mass is 35.5. The van der Waals surface area contributed by atoms with Crippen molar-refractivity contribution >= 4 is 29.4 Å². The molecular weight excluding hydrogens is 336 g/mol. The van der Waals surface area contributed by atoms with Gasteiger partial charge in [0.15, 0.2) is 0 Å². The average molecular weight is 349 g/mol. The summed E-state index contributed by atoms with van der Waals surface area (Å²) in [5.74, 6) is -1.02. The van der Waals surface area contributed by atoms with Gasteiger partial charge in [0.1, 0.15) is 28.7 Å². The van der Waals surface area contributed by atoms with Gasteiger partial charge in [0.2, 0.25) is 5.88 Å². The number of benzene rings is 1. The van der Waals surface area contributed by atoms with Crippen molar-refractivity contribution in [2.24, 2.45) is 0 Å². The number of nitriles is 1. The van der Waals surface area contributed by atoms with E-state index in [1.54, 1.807) is 6.07 Å². The minimum absolute atomic E-state index is 0.0339. The molecule has 7 nitrogen and oxygen atoms in total. The molecule has 0 unspecified atom stereocenters. The number of carbonyl (C=O) groups excluding carboxylic acids is 2. The Morgan fingerprint density at radius 3 is 2.62 bits per heavy atom. The van der Waals surface area contributed by atoms with Gasteiger partial charge in [-0.2, -0.15) is 5.26 Å². The number of esters is 1. The van der Waals surface area contributed by atoms with Gasteiger partial charge in [-0.3, -0.25) is 10.1 Å². The maximum absolute atomic E-state index is 12.4. The average Bonchev–Trinajstić information content (AvgIpc) is 2.89. The van der Waals surface area contributed by atoms with Gasteiger partial charge in [0.05, 0.1) is 19.8 Å². The van der Waals surface area contributed by atoms with Gasteiger partial charge in [0.25, 0.3) is 5.91 Å². The molecule has 0 atom stereocenters. The monoisotopic (exact) mass is 348 g/mol. The fourth-order valence-corrected chi connectivity index (χ4v) is 2.29. The van der Waals surface area contributed by atoms with Crippen molar-refractivity contribution in [1.29, 1.82) is 5.26 Å². The standard InChI is InChI=1S/C16H13ClN2O5/c1-8-13(16(21)23-3)11(7-18)15(24-8)19-14(20)10-6-9(17)4-5-12(10)22-2/h4-6H,1-3H3,(H,19,20). The van der Waals surface area contributed by atoms with Crippen LogP contribution in [0.1, 0.15) is 32.0 Å². The summed E-state index contributed by atoms with van der Waals surface area (Å²) in [7, 11) is 2.60. The third kappa shape index (κ3) is 3.19. The second-order valence-corrected chi connectivity index (χ2v) is 5.08. The van der Waals surface area contributed by atoms with Crippen LogP contribution < -0.4 is 10.1 Å². The lowest BCUT2D eigenvalue weighted by atomic mass is 10.1. The van der Waals surface area contributed by atoms with Crippen LogP contribution in [0, 0.1) is 18.3 Å². The van der Waals surface area contributed by atoms with Crippen LogP contribution in [-0.2, 0) is 4.74 Å². The van der Waals surface area contributed by atoms with Gasteiger partial charge in [-0.05, 0) is 25.1 Å². The van der Waals surface area contributed by atoms with Gasteiger partial charge in [-0.15, -0.1) is 0 Å². The van der Waals surface area contributed by atoms with Crippen LogP contribution >= 0.6 is 11.6 Å². The summed E-state index contributed by atoms with van der Waals surface area (Å²) in [6.45, 7) is 1.49. The molecule has 0 aliphatic heterocycles. The smallest absolute Gasteiger partial charge is 0.342 e. The molecule has 124 valence electrons. The second kappa shape index (κ2) is 7.06. The highest BCUT2D eigenvalue weighted by Crippen LogP contribution is 2.29. The first-order chi connectivity index (χ1) is 11.4. The van der Waals surface area contributed by atoms with Crippen molar-refractivity contribution in [3.63, 3.8) is 0 Å². The SMILES string of the molecule is COC(=O)c1c(C)oc(NC(=O)c2cc(Cl)ccc2OC)c1C#N. The molecule has 0 bridgehead atoms. The molecule has 1 aromatic carbocycles. The van der Waals surface area contributed by atoms with Crippen molar-refractivity contribution in [2.75, 3.05) is 19.5 Å². The molecule has 0 saturated heterocycles. The number of amides is 1. The Balaban J connectivity index is 2.42. The summed E-state index contributed by atoms with van der Waals surface area (Å²) in [4.78, 5) is 24.2. The fourth-order valence-electron chi connectivity index (χ4n) is 2.12. The molecule has 1 heterocycles. The van der Waals surface area contributed by atoms with Crippen LogP contribution in [0.5, 0.6) is 5.75 Å². The third-order valence-corrected chi connectivity index (χ3v) is 3.45. The van der Waals surface area contributed by atoms with Gasteiger partial charge in [-0.25, -0.2) is 4.79 Å². The van der Waals surface area contributed by atoms with Crippen LogP contribution in [0.3, 0.4) is 0 Å². The first-order valence-electron chi connectivity index (χ1n) is 6.69. The van der Waals surface area contributed by atoms with Crippen molar-refractivity contribution in [3.05, 3.63) is 45.7 Å². The first kappa shape index (κ1) is 17.4. The van der Waals surface area contributed by atoms with Gasteiger partial charge in [0, 0.05) is 5.02 Å². The number of carbonyl (C=O) groups is 2. The molecule has 0 aliphatic rings. The summed E-state index contributed by atoms with van der Waals surface area (Å²) < 4.78 is 15.1. The quantitative estimate of drug-likeness (QED) is 0.851. The van der Waals surface area contributed by atoms with E-state index >= 15 is 0 Å². The second-order valence-electron chi connectivity index (χ2n) is 4.64. The number of aryl methyl sites for hydroxylation is 1. The molecule has 0 fully saturated rings. The third-order valence-electron chi connectivity index (χ3n) is 3.22. The Bertz CT molecular complexity index is 851. The van der Waals surface area contributed by atoms with Crippen molar-refractivity contribution < 1.29 is 23.5 Å². The van der Waals surface area contributed by atoms with E-state index in [1.165, 1.54) is 33.3 Å². The Morgan fingerprint density at radius 1 is 1.33 bits per heavy atom. The Labute approximate surface area is 142 Å². The number of ether oxygens (including phenoxy) is 2. The summed E-state index contributed by atoms with van der Waals surface area (Å²) in [6.07, 6.45) is 0. The van der Waals surface area contributed by atoms with E-state index in [2.05, 4.69) is 10.1 Å².